The molecule has 4 heterocycles. The average Bonchev–Trinajstić information content (AvgIpc) is 2.88. The SMILES string of the molecule is Cn1c2c(c(=O)n(C)c1=O)[C@@H]1COCC3(CCN(C(=O)OC(C)(C)C)CC3)C[C@]1(C)O2. The highest BCUT2D eigenvalue weighted by Gasteiger charge is 2.55. The van der Waals surface area contributed by atoms with Gasteiger partial charge in [0.15, 0.2) is 0 Å². The molecule has 9 nitrogen and oxygen atoms in total. The third kappa shape index (κ3) is 3.66. The van der Waals surface area contributed by atoms with Crippen LogP contribution in [0.1, 0.15) is 58.4 Å². The lowest BCUT2D eigenvalue weighted by atomic mass is 9.69. The van der Waals surface area contributed by atoms with E-state index in [0.29, 0.717) is 44.2 Å². The van der Waals surface area contributed by atoms with Gasteiger partial charge in [-0.1, -0.05) is 0 Å². The number of ether oxygens (including phenoxy) is 3. The summed E-state index contributed by atoms with van der Waals surface area (Å²) in [4.78, 5) is 39.5. The molecule has 4 rings (SSSR count). The summed E-state index contributed by atoms with van der Waals surface area (Å²) < 4.78 is 20.5. The van der Waals surface area contributed by atoms with Crippen molar-refractivity contribution < 1.29 is 19.0 Å². The van der Waals surface area contributed by atoms with Crippen molar-refractivity contribution in [3.8, 4) is 5.88 Å². The van der Waals surface area contributed by atoms with E-state index in [1.54, 1.807) is 11.9 Å². The Morgan fingerprint density at radius 2 is 1.77 bits per heavy atom. The van der Waals surface area contributed by atoms with Gasteiger partial charge in [0, 0.05) is 32.6 Å². The number of fused-ring (bicyclic) bond motifs is 3. The molecule has 1 spiro atoms. The van der Waals surface area contributed by atoms with E-state index < -0.39 is 16.9 Å². The maximum Gasteiger partial charge on any atom is 0.410 e. The summed E-state index contributed by atoms with van der Waals surface area (Å²) in [5.41, 5.74) is -1.52. The van der Waals surface area contributed by atoms with Crippen LogP contribution in [0.15, 0.2) is 9.59 Å². The Kier molecular flexibility index (Phi) is 5.03. The van der Waals surface area contributed by atoms with Crippen molar-refractivity contribution in [2.45, 2.75) is 64.1 Å². The first kappa shape index (κ1) is 21.9. The fraction of sp³-hybridized carbons (Fsp3) is 0.773. The molecule has 9 heteroatoms. The second-order valence-corrected chi connectivity index (χ2v) is 10.6. The molecule has 1 aromatic rings. The van der Waals surface area contributed by atoms with E-state index in [2.05, 4.69) is 0 Å². The number of aromatic nitrogens is 2. The van der Waals surface area contributed by atoms with Crippen LogP contribution >= 0.6 is 0 Å². The van der Waals surface area contributed by atoms with Crippen LogP contribution < -0.4 is 16.0 Å². The lowest BCUT2D eigenvalue weighted by molar-refractivity contribution is -0.0233. The number of hydrogen-bond donors (Lipinski definition) is 0. The van der Waals surface area contributed by atoms with Gasteiger partial charge in [-0.3, -0.25) is 13.9 Å². The van der Waals surface area contributed by atoms with Crippen LogP contribution in [0.5, 0.6) is 5.88 Å². The Morgan fingerprint density at radius 1 is 1.13 bits per heavy atom. The molecule has 31 heavy (non-hydrogen) atoms. The quantitative estimate of drug-likeness (QED) is 0.617. The minimum atomic E-state index is -0.648. The monoisotopic (exact) mass is 435 g/mol. The van der Waals surface area contributed by atoms with E-state index in [9.17, 15) is 14.4 Å². The smallest absolute Gasteiger partial charge is 0.410 e. The Hall–Kier alpha value is -2.29. The van der Waals surface area contributed by atoms with Crippen LogP contribution in [-0.4, -0.2) is 57.6 Å². The standard InChI is InChI=1S/C22H33N3O6/c1-20(2,3)31-19(28)25-9-7-22(8-10-25)12-21(4)14(11-29-13-22)15-16(26)23(5)18(27)24(6)17(15)30-21/h14H,7-13H2,1-6H3/t14-,21-/m0/s1. The average molecular weight is 436 g/mol. The Labute approximate surface area is 181 Å². The van der Waals surface area contributed by atoms with Gasteiger partial charge in [0.25, 0.3) is 5.56 Å². The van der Waals surface area contributed by atoms with Crippen molar-refractivity contribution >= 4 is 6.09 Å². The summed E-state index contributed by atoms with van der Waals surface area (Å²) in [6.07, 6.45) is 1.94. The second-order valence-electron chi connectivity index (χ2n) is 10.6. The Balaban J connectivity index is 1.57. The minimum absolute atomic E-state index is 0.159. The van der Waals surface area contributed by atoms with E-state index in [-0.39, 0.29) is 23.0 Å². The van der Waals surface area contributed by atoms with Crippen molar-refractivity contribution in [1.29, 1.82) is 0 Å². The first-order valence-corrected chi connectivity index (χ1v) is 10.9. The molecule has 0 saturated carbocycles. The number of amides is 1. The van der Waals surface area contributed by atoms with Gasteiger partial charge in [0.2, 0.25) is 5.88 Å². The van der Waals surface area contributed by atoms with Gasteiger partial charge in [-0.05, 0) is 47.0 Å². The fourth-order valence-electron chi connectivity index (χ4n) is 5.29. The number of hydrogen-bond acceptors (Lipinski definition) is 6. The lowest BCUT2D eigenvalue weighted by Gasteiger charge is -2.44. The number of nitrogens with zero attached hydrogens (tertiary/aromatic N) is 3. The zero-order valence-electron chi connectivity index (χ0n) is 19.3. The van der Waals surface area contributed by atoms with Crippen LogP contribution in [-0.2, 0) is 23.6 Å². The fourth-order valence-corrected chi connectivity index (χ4v) is 5.29. The molecule has 2 fully saturated rings. The van der Waals surface area contributed by atoms with Crippen molar-refractivity contribution in [1.82, 2.24) is 14.0 Å². The van der Waals surface area contributed by atoms with Crippen LogP contribution in [0, 0.1) is 5.41 Å². The molecular weight excluding hydrogens is 402 g/mol. The molecule has 2 atom stereocenters. The third-order valence-corrected chi connectivity index (χ3v) is 6.95. The van der Waals surface area contributed by atoms with Crippen LogP contribution in [0.25, 0.3) is 0 Å². The molecular formula is C22H33N3O6. The molecule has 3 aliphatic rings. The van der Waals surface area contributed by atoms with E-state index in [4.69, 9.17) is 14.2 Å². The molecule has 0 aliphatic carbocycles. The van der Waals surface area contributed by atoms with Gasteiger partial charge in [0.1, 0.15) is 11.2 Å². The maximum absolute atomic E-state index is 12.9. The normalized spacial score (nSPS) is 27.3. The molecule has 1 amide bonds. The van der Waals surface area contributed by atoms with Crippen molar-refractivity contribution in [3.05, 3.63) is 26.4 Å². The summed E-state index contributed by atoms with van der Waals surface area (Å²) in [6, 6.07) is 0. The Morgan fingerprint density at radius 3 is 2.39 bits per heavy atom. The maximum atomic E-state index is 12.9. The van der Waals surface area contributed by atoms with Crippen molar-refractivity contribution in [2.24, 2.45) is 19.5 Å². The molecule has 0 N–H and O–H groups in total. The van der Waals surface area contributed by atoms with Crippen molar-refractivity contribution in [3.63, 3.8) is 0 Å². The van der Waals surface area contributed by atoms with Gasteiger partial charge in [-0.2, -0.15) is 0 Å². The summed E-state index contributed by atoms with van der Waals surface area (Å²) in [6.45, 7) is 9.71. The summed E-state index contributed by atoms with van der Waals surface area (Å²) in [7, 11) is 3.12. The molecule has 0 aromatic carbocycles. The Bertz CT molecular complexity index is 1010. The van der Waals surface area contributed by atoms with E-state index in [1.807, 2.05) is 27.7 Å². The molecule has 3 aliphatic heterocycles. The summed E-state index contributed by atoms with van der Waals surface area (Å²) in [5, 5.41) is 0. The summed E-state index contributed by atoms with van der Waals surface area (Å²) >= 11 is 0. The molecule has 2 saturated heterocycles. The van der Waals surface area contributed by atoms with Crippen LogP contribution in [0.3, 0.4) is 0 Å². The third-order valence-electron chi connectivity index (χ3n) is 6.95. The van der Waals surface area contributed by atoms with Crippen molar-refractivity contribution in [2.75, 3.05) is 26.3 Å². The van der Waals surface area contributed by atoms with E-state index >= 15 is 0 Å². The molecule has 1 aromatic heterocycles. The highest BCUT2D eigenvalue weighted by molar-refractivity contribution is 5.68. The second kappa shape index (κ2) is 7.12. The van der Waals surface area contributed by atoms with Gasteiger partial charge in [0.05, 0.1) is 24.7 Å². The van der Waals surface area contributed by atoms with Gasteiger partial charge in [-0.25, -0.2) is 9.59 Å². The number of carbonyl (C=O) groups excluding carboxylic acids is 1. The first-order chi connectivity index (χ1) is 14.4. The highest BCUT2D eigenvalue weighted by atomic mass is 16.6. The van der Waals surface area contributed by atoms with Gasteiger partial charge >= 0.3 is 11.8 Å². The first-order valence-electron chi connectivity index (χ1n) is 10.9. The molecule has 0 radical (unpaired) electrons. The molecule has 0 unspecified atom stereocenters. The molecule has 172 valence electrons. The van der Waals surface area contributed by atoms with Gasteiger partial charge in [-0.15, -0.1) is 0 Å². The molecule has 0 bridgehead atoms. The largest absolute Gasteiger partial charge is 0.471 e. The zero-order valence-corrected chi connectivity index (χ0v) is 19.3. The minimum Gasteiger partial charge on any atom is -0.471 e. The predicted octanol–water partition coefficient (Wildman–Crippen LogP) is 1.76. The van der Waals surface area contributed by atoms with E-state index in [0.717, 1.165) is 17.4 Å². The zero-order chi connectivity index (χ0) is 22.8. The van der Waals surface area contributed by atoms with Crippen LogP contribution in [0.4, 0.5) is 4.79 Å². The summed E-state index contributed by atoms with van der Waals surface area (Å²) in [5.74, 6) is 0.115. The topological polar surface area (TPSA) is 92.0 Å². The number of carbonyl (C=O) groups is 1. The lowest BCUT2D eigenvalue weighted by Crippen LogP contribution is -2.49. The number of piperidine rings is 1. The predicted molar refractivity (Wildman–Crippen MR) is 114 cm³/mol. The van der Waals surface area contributed by atoms with Gasteiger partial charge < -0.3 is 19.1 Å². The van der Waals surface area contributed by atoms with Crippen LogP contribution in [0.2, 0.25) is 0 Å². The number of rotatable bonds is 0. The highest BCUT2D eigenvalue weighted by Crippen LogP contribution is 2.52. The van der Waals surface area contributed by atoms with E-state index in [1.165, 1.54) is 11.6 Å². The number of likely N-dealkylation sites (tertiary alicyclic amines) is 1.